The van der Waals surface area contributed by atoms with Crippen molar-refractivity contribution in [2.45, 2.75) is 13.3 Å². The monoisotopic (exact) mass is 289 g/mol. The lowest BCUT2D eigenvalue weighted by atomic mass is 10.1. The van der Waals surface area contributed by atoms with E-state index in [9.17, 15) is 4.79 Å². The predicted octanol–water partition coefficient (Wildman–Crippen LogP) is 3.06. The zero-order valence-electron chi connectivity index (χ0n) is 12.1. The van der Waals surface area contributed by atoms with Crippen LogP contribution < -0.4 is 9.47 Å². The average Bonchev–Trinajstić information content (AvgIpc) is 2.37. The molecule has 1 rings (SSSR count). The number of ketones is 1. The van der Waals surface area contributed by atoms with Crippen molar-refractivity contribution in [3.8, 4) is 11.5 Å². The molecule has 0 aliphatic heterocycles. The van der Waals surface area contributed by atoms with Crippen molar-refractivity contribution < 1.29 is 18.4 Å². The number of hydrogen-bond acceptors (Lipinski definition) is 3. The van der Waals surface area contributed by atoms with E-state index in [2.05, 4.69) is 15.9 Å². The number of rotatable bonds is 6. The molecule has 0 radical (unpaired) electrons. The van der Waals surface area contributed by atoms with E-state index in [1.807, 2.05) is 0 Å². The summed E-state index contributed by atoms with van der Waals surface area (Å²) >= 11 is 3.05. The van der Waals surface area contributed by atoms with Gasteiger partial charge in [-0.2, -0.15) is 0 Å². The van der Waals surface area contributed by atoms with E-state index < -0.39 is 13.0 Å². The normalized spacial score (nSPS) is 15.6. The molecule has 88 valence electrons. The molecule has 0 spiro atoms. The van der Waals surface area contributed by atoms with Crippen molar-refractivity contribution in [1.82, 2.24) is 0 Å². The molecule has 1 aromatic carbocycles. The van der Waals surface area contributed by atoms with E-state index in [0.717, 1.165) is 0 Å². The molecule has 16 heavy (non-hydrogen) atoms. The van der Waals surface area contributed by atoms with Crippen LogP contribution in [0.3, 0.4) is 0 Å². The lowest BCUT2D eigenvalue weighted by Crippen LogP contribution is -2.01. The highest BCUT2D eigenvalue weighted by molar-refractivity contribution is 9.09. The molecule has 1 unspecified atom stereocenters. The minimum Gasteiger partial charge on any atom is -0.493 e. The summed E-state index contributed by atoms with van der Waals surface area (Å²) in [6.07, 6.45) is -1.08. The number of alkyl halides is 1. The summed E-state index contributed by atoms with van der Waals surface area (Å²) in [5.74, 6) is 0.306. The van der Waals surface area contributed by atoms with Crippen LogP contribution in [-0.4, -0.2) is 24.8 Å². The van der Waals surface area contributed by atoms with E-state index in [1.54, 1.807) is 0 Å². The van der Waals surface area contributed by atoms with Crippen LogP contribution in [0.5, 0.6) is 11.5 Å². The summed E-state index contributed by atoms with van der Waals surface area (Å²) in [6, 6.07) is 4.48. The number of carbonyl (C=O) groups is 1. The van der Waals surface area contributed by atoms with Crippen LogP contribution in [0.4, 0.5) is 0 Å². The molecule has 1 aromatic rings. The lowest BCUT2D eigenvalue weighted by Gasteiger charge is -2.10. The Morgan fingerprint density at radius 2 is 2.25 bits per heavy atom. The molecule has 4 heteroatoms. The van der Waals surface area contributed by atoms with E-state index in [-0.39, 0.29) is 22.6 Å². The number of methoxy groups -OCH3 is 1. The smallest absolute Gasteiger partial charge is 0.161 e. The summed E-state index contributed by atoms with van der Waals surface area (Å²) < 4.78 is 33.2. The van der Waals surface area contributed by atoms with Gasteiger partial charge in [-0.3, -0.25) is 4.79 Å². The first kappa shape index (κ1) is 9.05. The number of halogens is 1. The van der Waals surface area contributed by atoms with Gasteiger partial charge in [0.25, 0.3) is 0 Å². The van der Waals surface area contributed by atoms with E-state index in [0.29, 0.717) is 5.56 Å². The number of Topliss-reactive ketones (excluding diaryl/α,β-unsaturated/α-hetero) is 1. The summed E-state index contributed by atoms with van der Waals surface area (Å²) in [5.41, 5.74) is 0.452. The van der Waals surface area contributed by atoms with E-state index >= 15 is 0 Å². The first-order chi connectivity index (χ1) is 8.81. The SMILES string of the molecule is [2H]C(CBr)C([2H])([2H])Oc1ccc(C(C)=O)cc1OC. The molecular formula is C12H15BrO3. The van der Waals surface area contributed by atoms with Crippen molar-refractivity contribution in [2.24, 2.45) is 0 Å². The second kappa shape index (κ2) is 6.53. The van der Waals surface area contributed by atoms with Crippen molar-refractivity contribution in [2.75, 3.05) is 19.0 Å². The van der Waals surface area contributed by atoms with Crippen molar-refractivity contribution >= 4 is 21.7 Å². The molecule has 0 aromatic heterocycles. The fourth-order valence-electron chi connectivity index (χ4n) is 1.11. The molecule has 0 fully saturated rings. The Balaban J connectivity index is 3.04. The van der Waals surface area contributed by atoms with Gasteiger partial charge in [-0.1, -0.05) is 15.9 Å². The van der Waals surface area contributed by atoms with Gasteiger partial charge in [-0.15, -0.1) is 0 Å². The molecule has 0 bridgehead atoms. The molecule has 0 saturated heterocycles. The molecule has 0 heterocycles. The molecular weight excluding hydrogens is 272 g/mol. The molecule has 3 nitrogen and oxygen atoms in total. The van der Waals surface area contributed by atoms with Gasteiger partial charge in [0.1, 0.15) is 0 Å². The van der Waals surface area contributed by atoms with Crippen molar-refractivity contribution in [3.05, 3.63) is 23.8 Å². The van der Waals surface area contributed by atoms with Crippen LogP contribution in [0.1, 0.15) is 27.8 Å². The Morgan fingerprint density at radius 3 is 2.81 bits per heavy atom. The number of benzene rings is 1. The minimum atomic E-state index is -2.16. The summed E-state index contributed by atoms with van der Waals surface area (Å²) in [6.45, 7) is -0.728. The maximum atomic E-state index is 11.3. The molecule has 1 atom stereocenters. The van der Waals surface area contributed by atoms with Gasteiger partial charge in [0.2, 0.25) is 0 Å². The third-order valence-electron chi connectivity index (χ3n) is 1.90. The Hall–Kier alpha value is -1.03. The van der Waals surface area contributed by atoms with Gasteiger partial charge >= 0.3 is 0 Å². The van der Waals surface area contributed by atoms with Gasteiger partial charge in [-0.25, -0.2) is 0 Å². The van der Waals surface area contributed by atoms with Crippen molar-refractivity contribution in [3.63, 3.8) is 0 Å². The summed E-state index contributed by atoms with van der Waals surface area (Å²) in [5, 5.41) is 0.147. The average molecular weight is 290 g/mol. The van der Waals surface area contributed by atoms with Crippen LogP contribution >= 0.6 is 15.9 Å². The van der Waals surface area contributed by atoms with Crippen LogP contribution in [0.15, 0.2) is 18.2 Å². The second-order valence-corrected chi connectivity index (χ2v) is 3.65. The first-order valence-corrected chi connectivity index (χ1v) is 5.80. The fourth-order valence-corrected chi connectivity index (χ4v) is 1.24. The molecule has 0 amide bonds. The number of carbonyl (C=O) groups excluding carboxylic acids is 1. The van der Waals surface area contributed by atoms with E-state index in [4.69, 9.17) is 13.6 Å². The lowest BCUT2D eigenvalue weighted by molar-refractivity contribution is 0.101. The quantitative estimate of drug-likeness (QED) is 0.596. The van der Waals surface area contributed by atoms with Crippen molar-refractivity contribution in [1.29, 1.82) is 0 Å². The zero-order chi connectivity index (χ0) is 14.6. The molecule has 0 N–H and O–H groups in total. The van der Waals surface area contributed by atoms with Gasteiger partial charge < -0.3 is 9.47 Å². The third kappa shape index (κ3) is 3.52. The Morgan fingerprint density at radius 1 is 1.50 bits per heavy atom. The summed E-state index contributed by atoms with van der Waals surface area (Å²) in [7, 11) is 1.41. The Labute approximate surface area is 108 Å². The highest BCUT2D eigenvalue weighted by Gasteiger charge is 2.07. The second-order valence-electron chi connectivity index (χ2n) is 3.00. The fraction of sp³-hybridized carbons (Fsp3) is 0.417. The van der Waals surface area contributed by atoms with E-state index in [1.165, 1.54) is 32.2 Å². The highest BCUT2D eigenvalue weighted by Crippen LogP contribution is 2.28. The molecule has 0 aliphatic rings. The third-order valence-corrected chi connectivity index (χ3v) is 2.22. The molecule has 0 aliphatic carbocycles. The van der Waals surface area contributed by atoms with Crippen LogP contribution in [0.2, 0.25) is 0 Å². The van der Waals surface area contributed by atoms with Crippen LogP contribution in [-0.2, 0) is 0 Å². The van der Waals surface area contributed by atoms with Crippen LogP contribution in [0.25, 0.3) is 0 Å². The van der Waals surface area contributed by atoms with Gasteiger partial charge in [-0.05, 0) is 31.5 Å². The topological polar surface area (TPSA) is 35.5 Å². The zero-order valence-corrected chi connectivity index (χ0v) is 10.7. The summed E-state index contributed by atoms with van der Waals surface area (Å²) in [4.78, 5) is 11.3. The minimum absolute atomic E-state index is 0.119. The largest absolute Gasteiger partial charge is 0.493 e. The van der Waals surface area contributed by atoms with Gasteiger partial charge in [0.15, 0.2) is 17.3 Å². The molecule has 0 saturated carbocycles. The maximum absolute atomic E-state index is 11.3. The first-order valence-electron chi connectivity index (χ1n) is 6.25. The highest BCUT2D eigenvalue weighted by atomic mass is 79.9. The number of hydrogen-bond donors (Lipinski definition) is 0. The van der Waals surface area contributed by atoms with Crippen LogP contribution in [0, 0.1) is 0 Å². The number of ether oxygens (including phenoxy) is 2. The van der Waals surface area contributed by atoms with Gasteiger partial charge in [0.05, 0.1) is 16.4 Å². The predicted molar refractivity (Wildman–Crippen MR) is 66.9 cm³/mol. The maximum Gasteiger partial charge on any atom is 0.161 e. The Kier molecular flexibility index (Phi) is 3.69. The van der Waals surface area contributed by atoms with Gasteiger partial charge in [0, 0.05) is 12.3 Å². The standard InChI is InChI=1S/C12H15BrO3/c1-9(14)10-4-5-11(12(8-10)15-2)16-7-3-6-13/h4-5,8H,3,6-7H2,1-2H3/i3D,7D2. The Bertz CT molecular complexity index is 466.